The Bertz CT molecular complexity index is 359. The summed E-state index contributed by atoms with van der Waals surface area (Å²) in [4.78, 5) is 2.20. The first-order valence-corrected chi connectivity index (χ1v) is 6.21. The molecule has 17 heavy (non-hydrogen) atoms. The summed E-state index contributed by atoms with van der Waals surface area (Å²) >= 11 is 0. The van der Waals surface area contributed by atoms with Crippen molar-refractivity contribution in [1.82, 2.24) is 4.90 Å². The van der Waals surface area contributed by atoms with E-state index in [4.69, 9.17) is 4.74 Å². The Hall–Kier alpha value is -0.860. The van der Waals surface area contributed by atoms with Gasteiger partial charge in [-0.15, -0.1) is 0 Å². The third-order valence-electron chi connectivity index (χ3n) is 3.61. The molecule has 0 aliphatic heterocycles. The van der Waals surface area contributed by atoms with Gasteiger partial charge in [-0.05, 0) is 69.0 Å². The molecule has 0 N–H and O–H groups in total. The van der Waals surface area contributed by atoms with Crippen LogP contribution in [0.3, 0.4) is 0 Å². The number of benzene rings is 1. The summed E-state index contributed by atoms with van der Waals surface area (Å²) in [5.41, 5.74) is 7.19. The lowest BCUT2D eigenvalue weighted by atomic mass is 9.92. The molecule has 0 aromatic heterocycles. The zero-order valence-corrected chi connectivity index (χ0v) is 12.1. The first kappa shape index (κ1) is 14.2. The highest BCUT2D eigenvalue weighted by Gasteiger charge is 2.09. The molecule has 0 heterocycles. The van der Waals surface area contributed by atoms with Gasteiger partial charge in [-0.3, -0.25) is 4.90 Å². The van der Waals surface area contributed by atoms with Crippen LogP contribution in [0.2, 0.25) is 0 Å². The molecule has 0 spiro atoms. The Morgan fingerprint density at radius 1 is 1.06 bits per heavy atom. The molecule has 1 rings (SSSR count). The minimum Gasteiger partial charge on any atom is -0.369 e. The molecule has 96 valence electrons. The zero-order valence-electron chi connectivity index (χ0n) is 12.1. The average molecular weight is 235 g/mol. The molecule has 0 aliphatic rings. The van der Waals surface area contributed by atoms with Crippen molar-refractivity contribution < 1.29 is 4.74 Å². The number of hydrogen-bond donors (Lipinski definition) is 0. The van der Waals surface area contributed by atoms with Crippen LogP contribution in [0.5, 0.6) is 0 Å². The second-order valence-corrected chi connectivity index (χ2v) is 4.99. The normalized spacial score (nSPS) is 11.2. The Labute approximate surface area is 106 Å². The van der Waals surface area contributed by atoms with Crippen molar-refractivity contribution in [2.24, 2.45) is 0 Å². The molecule has 0 unspecified atom stereocenters. The van der Waals surface area contributed by atoms with Gasteiger partial charge >= 0.3 is 0 Å². The van der Waals surface area contributed by atoms with E-state index in [1.165, 1.54) is 27.8 Å². The van der Waals surface area contributed by atoms with E-state index in [-0.39, 0.29) is 0 Å². The molecule has 0 atom stereocenters. The Kier molecular flexibility index (Phi) is 5.16. The monoisotopic (exact) mass is 235 g/mol. The molecule has 0 bridgehead atoms. The molecule has 2 nitrogen and oxygen atoms in total. The lowest BCUT2D eigenvalue weighted by molar-refractivity contribution is 0.0826. The van der Waals surface area contributed by atoms with Crippen molar-refractivity contribution in [3.05, 3.63) is 33.9 Å². The largest absolute Gasteiger partial charge is 0.369 e. The number of rotatable bonds is 5. The molecule has 0 saturated carbocycles. The van der Waals surface area contributed by atoms with Crippen LogP contribution in [-0.4, -0.2) is 32.3 Å². The van der Waals surface area contributed by atoms with E-state index in [9.17, 15) is 0 Å². The Balaban J connectivity index is 2.83. The first-order chi connectivity index (χ1) is 7.97. The fourth-order valence-electron chi connectivity index (χ4n) is 2.26. The smallest absolute Gasteiger partial charge is 0.0984 e. The molecular weight excluding hydrogens is 210 g/mol. The SMILES string of the molecule is COCN(C)CCc1c(C)c(C)cc(C)c1C. The van der Waals surface area contributed by atoms with Gasteiger partial charge in [0.2, 0.25) is 0 Å². The standard InChI is InChI=1S/C15H25NO/c1-11-9-12(2)14(4)15(13(11)3)7-8-16(5)10-17-6/h9H,7-8,10H2,1-6H3. The molecular formula is C15H25NO. The van der Waals surface area contributed by atoms with E-state index in [2.05, 4.69) is 45.7 Å². The molecule has 0 amide bonds. The van der Waals surface area contributed by atoms with Crippen LogP contribution >= 0.6 is 0 Å². The summed E-state index contributed by atoms with van der Waals surface area (Å²) in [6, 6.07) is 2.28. The summed E-state index contributed by atoms with van der Waals surface area (Å²) in [6.45, 7) is 10.6. The predicted molar refractivity (Wildman–Crippen MR) is 73.6 cm³/mol. The summed E-state index contributed by atoms with van der Waals surface area (Å²) in [7, 11) is 3.83. The molecule has 0 saturated heterocycles. The minimum absolute atomic E-state index is 0.697. The van der Waals surface area contributed by atoms with Crippen LogP contribution in [0, 0.1) is 27.7 Å². The van der Waals surface area contributed by atoms with Gasteiger partial charge in [-0.1, -0.05) is 6.07 Å². The quantitative estimate of drug-likeness (QED) is 0.727. The van der Waals surface area contributed by atoms with Gasteiger partial charge in [-0.25, -0.2) is 0 Å². The van der Waals surface area contributed by atoms with Gasteiger partial charge in [0, 0.05) is 13.7 Å². The highest BCUT2D eigenvalue weighted by molar-refractivity contribution is 5.44. The Morgan fingerprint density at radius 2 is 1.59 bits per heavy atom. The Morgan fingerprint density at radius 3 is 2.06 bits per heavy atom. The molecule has 1 aromatic rings. The average Bonchev–Trinajstić information content (AvgIpc) is 2.27. The van der Waals surface area contributed by atoms with Crippen molar-refractivity contribution in [2.75, 3.05) is 27.4 Å². The fraction of sp³-hybridized carbons (Fsp3) is 0.600. The summed E-state index contributed by atoms with van der Waals surface area (Å²) in [5, 5.41) is 0. The third-order valence-corrected chi connectivity index (χ3v) is 3.61. The second kappa shape index (κ2) is 6.18. The van der Waals surface area contributed by atoms with E-state index >= 15 is 0 Å². The van der Waals surface area contributed by atoms with Crippen LogP contribution in [0.4, 0.5) is 0 Å². The van der Waals surface area contributed by atoms with Gasteiger partial charge in [0.25, 0.3) is 0 Å². The zero-order chi connectivity index (χ0) is 13.0. The highest BCUT2D eigenvalue weighted by atomic mass is 16.5. The second-order valence-electron chi connectivity index (χ2n) is 4.99. The maximum Gasteiger partial charge on any atom is 0.0984 e. The number of methoxy groups -OCH3 is 1. The van der Waals surface area contributed by atoms with Gasteiger partial charge in [0.1, 0.15) is 0 Å². The van der Waals surface area contributed by atoms with Crippen molar-refractivity contribution >= 4 is 0 Å². The van der Waals surface area contributed by atoms with Crippen LogP contribution < -0.4 is 0 Å². The van der Waals surface area contributed by atoms with Crippen LogP contribution in [0.15, 0.2) is 6.07 Å². The third kappa shape index (κ3) is 3.55. The van der Waals surface area contributed by atoms with Crippen molar-refractivity contribution in [2.45, 2.75) is 34.1 Å². The summed E-state index contributed by atoms with van der Waals surface area (Å²) < 4.78 is 5.13. The van der Waals surface area contributed by atoms with Gasteiger partial charge in [0.15, 0.2) is 0 Å². The van der Waals surface area contributed by atoms with E-state index in [0.29, 0.717) is 6.73 Å². The van der Waals surface area contributed by atoms with E-state index < -0.39 is 0 Å². The molecule has 1 aromatic carbocycles. The summed E-state index contributed by atoms with van der Waals surface area (Å²) in [6.07, 6.45) is 1.10. The van der Waals surface area contributed by atoms with E-state index in [0.717, 1.165) is 13.0 Å². The van der Waals surface area contributed by atoms with Gasteiger partial charge in [0.05, 0.1) is 6.73 Å². The maximum absolute atomic E-state index is 5.13. The number of hydrogen-bond acceptors (Lipinski definition) is 2. The van der Waals surface area contributed by atoms with Crippen LogP contribution in [0.1, 0.15) is 27.8 Å². The molecule has 0 aliphatic carbocycles. The van der Waals surface area contributed by atoms with Crippen molar-refractivity contribution in [3.8, 4) is 0 Å². The molecule has 2 heteroatoms. The maximum atomic E-state index is 5.13. The fourth-order valence-corrected chi connectivity index (χ4v) is 2.26. The first-order valence-electron chi connectivity index (χ1n) is 6.21. The van der Waals surface area contributed by atoms with Crippen LogP contribution in [-0.2, 0) is 11.2 Å². The van der Waals surface area contributed by atoms with Crippen molar-refractivity contribution in [3.63, 3.8) is 0 Å². The van der Waals surface area contributed by atoms with Crippen molar-refractivity contribution in [1.29, 1.82) is 0 Å². The van der Waals surface area contributed by atoms with Gasteiger partial charge < -0.3 is 4.74 Å². The topological polar surface area (TPSA) is 12.5 Å². The number of nitrogens with zero attached hydrogens (tertiary/aromatic N) is 1. The lowest BCUT2D eigenvalue weighted by Gasteiger charge is -2.19. The number of aryl methyl sites for hydroxylation is 2. The van der Waals surface area contributed by atoms with Crippen LogP contribution in [0.25, 0.3) is 0 Å². The number of likely N-dealkylation sites (N-methyl/N-ethyl adjacent to an activating group) is 1. The summed E-state index contributed by atoms with van der Waals surface area (Å²) in [5.74, 6) is 0. The lowest BCUT2D eigenvalue weighted by Crippen LogP contribution is -2.24. The number of ether oxygens (including phenoxy) is 1. The highest BCUT2D eigenvalue weighted by Crippen LogP contribution is 2.22. The van der Waals surface area contributed by atoms with E-state index in [1.54, 1.807) is 7.11 Å². The minimum atomic E-state index is 0.697. The van der Waals surface area contributed by atoms with Gasteiger partial charge in [-0.2, -0.15) is 0 Å². The molecule has 0 radical (unpaired) electrons. The molecule has 0 fully saturated rings. The van der Waals surface area contributed by atoms with E-state index in [1.807, 2.05) is 0 Å². The predicted octanol–water partition coefficient (Wildman–Crippen LogP) is 3.00.